The maximum Gasteiger partial charge on any atom is 0.129 e. The average molecular weight is 223 g/mol. The van der Waals surface area contributed by atoms with Crippen molar-refractivity contribution < 1.29 is 9.47 Å². The first-order chi connectivity index (χ1) is 7.69. The molecule has 0 aromatic heterocycles. The molecule has 0 saturated heterocycles. The van der Waals surface area contributed by atoms with Gasteiger partial charge in [-0.2, -0.15) is 0 Å². The lowest BCUT2D eigenvalue weighted by molar-refractivity contribution is 0.381. The maximum absolute atomic E-state index is 5.70. The number of rotatable bonds is 5. The molecule has 0 aliphatic heterocycles. The Labute approximate surface area is 97.6 Å². The highest BCUT2D eigenvalue weighted by Gasteiger charge is 2.16. The minimum Gasteiger partial charge on any atom is -0.496 e. The topological polar surface area (TPSA) is 44.5 Å². The van der Waals surface area contributed by atoms with Gasteiger partial charge in [-0.3, -0.25) is 0 Å². The van der Waals surface area contributed by atoms with Crippen LogP contribution in [0.15, 0.2) is 12.1 Å². The van der Waals surface area contributed by atoms with E-state index in [1.807, 2.05) is 12.1 Å². The summed E-state index contributed by atoms with van der Waals surface area (Å²) in [5.41, 5.74) is 7.97. The van der Waals surface area contributed by atoms with Crippen molar-refractivity contribution in [2.24, 2.45) is 5.73 Å². The molecule has 1 atom stereocenters. The number of hydrogen-bond donors (Lipinski definition) is 1. The van der Waals surface area contributed by atoms with E-state index in [0.29, 0.717) is 12.5 Å². The van der Waals surface area contributed by atoms with Gasteiger partial charge in [-0.1, -0.05) is 19.9 Å². The predicted molar refractivity (Wildman–Crippen MR) is 66.4 cm³/mol. The highest BCUT2D eigenvalue weighted by Crippen LogP contribution is 2.36. The van der Waals surface area contributed by atoms with Crippen LogP contribution >= 0.6 is 0 Å². The van der Waals surface area contributed by atoms with Gasteiger partial charge >= 0.3 is 0 Å². The van der Waals surface area contributed by atoms with E-state index in [4.69, 9.17) is 15.2 Å². The fraction of sp³-hybridized carbons (Fsp3) is 0.538. The van der Waals surface area contributed by atoms with Crippen LogP contribution in [0.1, 0.15) is 30.9 Å². The van der Waals surface area contributed by atoms with Gasteiger partial charge in [0.05, 0.1) is 14.2 Å². The number of nitrogens with two attached hydrogens (primary N) is 1. The quantitative estimate of drug-likeness (QED) is 0.833. The normalized spacial score (nSPS) is 12.3. The van der Waals surface area contributed by atoms with Crippen molar-refractivity contribution in [2.45, 2.75) is 26.2 Å². The van der Waals surface area contributed by atoms with Crippen LogP contribution in [0.2, 0.25) is 0 Å². The summed E-state index contributed by atoms with van der Waals surface area (Å²) in [5.74, 6) is 2.10. The van der Waals surface area contributed by atoms with Crippen molar-refractivity contribution in [1.82, 2.24) is 0 Å². The summed E-state index contributed by atoms with van der Waals surface area (Å²) in [6.45, 7) is 4.81. The SMILES string of the molecule is CCc1c(OC)ccc(C(C)CN)c1OC. The summed E-state index contributed by atoms with van der Waals surface area (Å²) < 4.78 is 10.8. The number of methoxy groups -OCH3 is 2. The number of hydrogen-bond acceptors (Lipinski definition) is 3. The summed E-state index contributed by atoms with van der Waals surface area (Å²) in [5, 5.41) is 0. The van der Waals surface area contributed by atoms with Crippen molar-refractivity contribution >= 4 is 0 Å². The molecule has 1 rings (SSSR count). The van der Waals surface area contributed by atoms with E-state index >= 15 is 0 Å². The van der Waals surface area contributed by atoms with Crippen LogP contribution in [-0.2, 0) is 6.42 Å². The lowest BCUT2D eigenvalue weighted by Crippen LogP contribution is -2.11. The summed E-state index contributed by atoms with van der Waals surface area (Å²) in [6, 6.07) is 4.03. The summed E-state index contributed by atoms with van der Waals surface area (Å²) >= 11 is 0. The Bertz CT molecular complexity index is 350. The van der Waals surface area contributed by atoms with Crippen LogP contribution in [0.3, 0.4) is 0 Å². The molecule has 0 radical (unpaired) electrons. The molecule has 0 fully saturated rings. The maximum atomic E-state index is 5.70. The van der Waals surface area contributed by atoms with Gasteiger partial charge in [-0.15, -0.1) is 0 Å². The van der Waals surface area contributed by atoms with Crippen molar-refractivity contribution in [3.05, 3.63) is 23.3 Å². The van der Waals surface area contributed by atoms with Gasteiger partial charge in [0.25, 0.3) is 0 Å². The minimum absolute atomic E-state index is 0.297. The molecule has 0 aliphatic carbocycles. The first-order valence-corrected chi connectivity index (χ1v) is 5.63. The molecule has 0 bridgehead atoms. The van der Waals surface area contributed by atoms with E-state index < -0.39 is 0 Å². The molecule has 2 N–H and O–H groups in total. The third-order valence-electron chi connectivity index (χ3n) is 2.91. The molecule has 0 spiro atoms. The van der Waals surface area contributed by atoms with Crippen LogP contribution in [0.25, 0.3) is 0 Å². The lowest BCUT2D eigenvalue weighted by atomic mass is 9.96. The monoisotopic (exact) mass is 223 g/mol. The van der Waals surface area contributed by atoms with Gasteiger partial charge in [0, 0.05) is 5.56 Å². The van der Waals surface area contributed by atoms with Gasteiger partial charge < -0.3 is 15.2 Å². The molecule has 16 heavy (non-hydrogen) atoms. The molecule has 0 heterocycles. The largest absolute Gasteiger partial charge is 0.496 e. The number of ether oxygens (including phenoxy) is 2. The fourth-order valence-electron chi connectivity index (χ4n) is 1.91. The third kappa shape index (κ3) is 2.30. The zero-order valence-corrected chi connectivity index (χ0v) is 10.5. The first-order valence-electron chi connectivity index (χ1n) is 5.63. The van der Waals surface area contributed by atoms with Crippen molar-refractivity contribution in [3.63, 3.8) is 0 Å². The van der Waals surface area contributed by atoms with Gasteiger partial charge in [-0.25, -0.2) is 0 Å². The molecule has 3 nitrogen and oxygen atoms in total. The molecular formula is C13H21NO2. The second kappa shape index (κ2) is 5.75. The van der Waals surface area contributed by atoms with E-state index in [1.165, 1.54) is 0 Å². The van der Waals surface area contributed by atoms with E-state index in [-0.39, 0.29) is 0 Å². The van der Waals surface area contributed by atoms with Crippen molar-refractivity contribution in [1.29, 1.82) is 0 Å². The summed E-state index contributed by atoms with van der Waals surface area (Å²) in [6.07, 6.45) is 0.886. The molecule has 3 heteroatoms. The van der Waals surface area contributed by atoms with E-state index in [2.05, 4.69) is 13.8 Å². The van der Waals surface area contributed by atoms with Gasteiger partial charge in [0.1, 0.15) is 11.5 Å². The van der Waals surface area contributed by atoms with E-state index in [1.54, 1.807) is 14.2 Å². The van der Waals surface area contributed by atoms with Gasteiger partial charge in [0.15, 0.2) is 0 Å². The summed E-state index contributed by atoms with van der Waals surface area (Å²) in [4.78, 5) is 0. The molecule has 0 saturated carbocycles. The zero-order chi connectivity index (χ0) is 12.1. The van der Waals surface area contributed by atoms with Gasteiger partial charge in [0.2, 0.25) is 0 Å². The molecule has 0 aliphatic rings. The molecule has 1 aromatic rings. The lowest BCUT2D eigenvalue weighted by Gasteiger charge is -2.19. The van der Waals surface area contributed by atoms with Crippen LogP contribution in [0, 0.1) is 0 Å². The van der Waals surface area contributed by atoms with Crippen molar-refractivity contribution in [2.75, 3.05) is 20.8 Å². The van der Waals surface area contributed by atoms with Crippen LogP contribution in [0.4, 0.5) is 0 Å². The third-order valence-corrected chi connectivity index (χ3v) is 2.91. The van der Waals surface area contributed by atoms with Crippen LogP contribution in [0.5, 0.6) is 11.5 Å². The van der Waals surface area contributed by atoms with E-state index in [9.17, 15) is 0 Å². The molecule has 1 unspecified atom stereocenters. The Morgan fingerprint density at radius 3 is 2.38 bits per heavy atom. The van der Waals surface area contributed by atoms with Crippen molar-refractivity contribution in [3.8, 4) is 11.5 Å². The Morgan fingerprint density at radius 1 is 1.25 bits per heavy atom. The average Bonchev–Trinajstić information content (AvgIpc) is 2.35. The standard InChI is InChI=1S/C13H21NO2/c1-5-10-12(15-3)7-6-11(9(2)8-14)13(10)16-4/h6-7,9H,5,8,14H2,1-4H3. The first kappa shape index (κ1) is 12.8. The minimum atomic E-state index is 0.297. The summed E-state index contributed by atoms with van der Waals surface area (Å²) in [7, 11) is 3.38. The highest BCUT2D eigenvalue weighted by atomic mass is 16.5. The van der Waals surface area contributed by atoms with Gasteiger partial charge in [-0.05, 0) is 30.5 Å². The Morgan fingerprint density at radius 2 is 1.94 bits per heavy atom. The number of benzene rings is 1. The molecule has 90 valence electrons. The predicted octanol–water partition coefficient (Wildman–Crippen LogP) is 2.33. The Kier molecular flexibility index (Phi) is 4.62. The smallest absolute Gasteiger partial charge is 0.129 e. The highest BCUT2D eigenvalue weighted by molar-refractivity contribution is 5.51. The second-order valence-corrected chi connectivity index (χ2v) is 3.86. The molecule has 1 aromatic carbocycles. The molecular weight excluding hydrogens is 202 g/mol. The Hall–Kier alpha value is -1.22. The second-order valence-electron chi connectivity index (χ2n) is 3.86. The Balaban J connectivity index is 3.31. The zero-order valence-electron chi connectivity index (χ0n) is 10.5. The van der Waals surface area contributed by atoms with Crippen LogP contribution < -0.4 is 15.2 Å². The fourth-order valence-corrected chi connectivity index (χ4v) is 1.91. The van der Waals surface area contributed by atoms with E-state index in [0.717, 1.165) is 29.0 Å². The molecule has 0 amide bonds. The van der Waals surface area contributed by atoms with Crippen LogP contribution in [-0.4, -0.2) is 20.8 Å².